The highest BCUT2D eigenvalue weighted by Crippen LogP contribution is 2.38. The number of benzene rings is 6. The van der Waals surface area contributed by atoms with Crippen LogP contribution in [0.2, 0.25) is 0 Å². The maximum atomic E-state index is 12.0. The first-order chi connectivity index (χ1) is 17.2. The van der Waals surface area contributed by atoms with E-state index in [1.165, 1.54) is 28.7 Å². The highest BCUT2D eigenvalue weighted by atomic mass is 16.5. The average molecular weight is 454 g/mol. The van der Waals surface area contributed by atoms with Crippen LogP contribution in [0.1, 0.15) is 10.4 Å². The van der Waals surface area contributed by atoms with E-state index in [1.54, 1.807) is 0 Å². The number of carbonyl (C=O) groups is 1. The van der Waals surface area contributed by atoms with E-state index in [-0.39, 0.29) is 5.97 Å². The van der Waals surface area contributed by atoms with Crippen molar-refractivity contribution in [2.75, 3.05) is 12.0 Å². The van der Waals surface area contributed by atoms with Crippen molar-refractivity contribution in [3.05, 3.63) is 127 Å². The van der Waals surface area contributed by atoms with Crippen LogP contribution < -0.4 is 4.90 Å². The van der Waals surface area contributed by atoms with Crippen molar-refractivity contribution in [1.29, 1.82) is 0 Å². The molecule has 168 valence electrons. The highest BCUT2D eigenvalue weighted by molar-refractivity contribution is 5.98. The van der Waals surface area contributed by atoms with Crippen molar-refractivity contribution in [2.45, 2.75) is 0 Å². The molecule has 0 saturated heterocycles. The monoisotopic (exact) mass is 453 g/mol. The van der Waals surface area contributed by atoms with Crippen molar-refractivity contribution < 1.29 is 9.53 Å². The first-order valence-electron chi connectivity index (χ1n) is 11.6. The third kappa shape index (κ3) is 3.87. The molecule has 0 spiro atoms. The molecule has 0 unspecified atom stereocenters. The minimum absolute atomic E-state index is 0.329. The molecule has 6 aromatic carbocycles. The Morgan fingerprint density at radius 2 is 0.914 bits per heavy atom. The number of rotatable bonds is 4. The molecule has 0 heterocycles. The van der Waals surface area contributed by atoms with Gasteiger partial charge in [-0.15, -0.1) is 0 Å². The molecular formula is C32H23NO2. The summed E-state index contributed by atoms with van der Waals surface area (Å²) in [4.78, 5) is 14.3. The third-order valence-corrected chi connectivity index (χ3v) is 6.49. The Morgan fingerprint density at radius 1 is 0.514 bits per heavy atom. The normalized spacial score (nSPS) is 11.1. The number of anilines is 3. The summed E-state index contributed by atoms with van der Waals surface area (Å²) in [5, 5.41) is 6.86. The summed E-state index contributed by atoms with van der Waals surface area (Å²) in [6.45, 7) is 0. The van der Waals surface area contributed by atoms with Gasteiger partial charge in [0.1, 0.15) is 0 Å². The van der Waals surface area contributed by atoms with E-state index >= 15 is 0 Å². The van der Waals surface area contributed by atoms with Crippen LogP contribution >= 0.6 is 0 Å². The van der Waals surface area contributed by atoms with Gasteiger partial charge in [0.2, 0.25) is 0 Å². The molecule has 0 aliphatic rings. The van der Waals surface area contributed by atoms with Gasteiger partial charge in [-0.05, 0) is 80.8 Å². The molecular weight excluding hydrogens is 430 g/mol. The summed E-state index contributed by atoms with van der Waals surface area (Å²) in [6.07, 6.45) is 0. The molecule has 0 saturated carbocycles. The summed E-state index contributed by atoms with van der Waals surface area (Å²) in [5.74, 6) is -0.329. The first kappa shape index (κ1) is 20.9. The van der Waals surface area contributed by atoms with E-state index in [0.717, 1.165) is 27.8 Å². The quantitative estimate of drug-likeness (QED) is 0.251. The van der Waals surface area contributed by atoms with Crippen LogP contribution in [0.15, 0.2) is 121 Å². The lowest BCUT2D eigenvalue weighted by atomic mass is 10.0. The second kappa shape index (κ2) is 8.62. The van der Waals surface area contributed by atoms with Gasteiger partial charge in [-0.2, -0.15) is 0 Å². The van der Waals surface area contributed by atoms with Crippen LogP contribution in [0.3, 0.4) is 0 Å². The molecule has 0 N–H and O–H groups in total. The van der Waals surface area contributed by atoms with Crippen molar-refractivity contribution in [3.8, 4) is 0 Å². The molecule has 0 aliphatic carbocycles. The maximum Gasteiger partial charge on any atom is 0.337 e. The second-order valence-corrected chi connectivity index (χ2v) is 8.64. The zero-order chi connectivity index (χ0) is 23.8. The average Bonchev–Trinajstić information content (AvgIpc) is 2.92. The minimum Gasteiger partial charge on any atom is -0.465 e. The summed E-state index contributed by atoms with van der Waals surface area (Å²) in [7, 11) is 1.40. The Bertz CT molecular complexity index is 1640. The Hall–Kier alpha value is -4.63. The smallest absolute Gasteiger partial charge is 0.337 e. The second-order valence-electron chi connectivity index (χ2n) is 8.64. The van der Waals surface area contributed by atoms with Crippen LogP contribution in [0.25, 0.3) is 32.3 Å². The van der Waals surface area contributed by atoms with Gasteiger partial charge < -0.3 is 9.64 Å². The molecule has 35 heavy (non-hydrogen) atoms. The summed E-state index contributed by atoms with van der Waals surface area (Å²) in [5.41, 5.74) is 3.77. The molecule has 0 atom stereocenters. The van der Waals surface area contributed by atoms with E-state index in [4.69, 9.17) is 4.74 Å². The maximum absolute atomic E-state index is 12.0. The molecule has 0 amide bonds. The number of methoxy groups -OCH3 is 1. The number of hydrogen-bond donors (Lipinski definition) is 0. The van der Waals surface area contributed by atoms with Crippen LogP contribution in [0.4, 0.5) is 17.1 Å². The molecule has 0 bridgehead atoms. The highest BCUT2D eigenvalue weighted by Gasteiger charge is 2.15. The fourth-order valence-electron chi connectivity index (χ4n) is 4.70. The Balaban J connectivity index is 1.53. The largest absolute Gasteiger partial charge is 0.465 e. The fourth-order valence-corrected chi connectivity index (χ4v) is 4.70. The zero-order valence-corrected chi connectivity index (χ0v) is 19.3. The molecule has 0 fully saturated rings. The summed E-state index contributed by atoms with van der Waals surface area (Å²) >= 11 is 0. The molecule has 0 aliphatic heterocycles. The van der Waals surface area contributed by atoms with Crippen LogP contribution in [-0.4, -0.2) is 13.1 Å². The summed E-state index contributed by atoms with van der Waals surface area (Å²) in [6, 6.07) is 42.0. The lowest BCUT2D eigenvalue weighted by molar-refractivity contribution is 0.0601. The van der Waals surface area contributed by atoms with E-state index in [2.05, 4.69) is 108 Å². The summed E-state index contributed by atoms with van der Waals surface area (Å²) < 4.78 is 4.89. The van der Waals surface area contributed by atoms with E-state index < -0.39 is 0 Å². The van der Waals surface area contributed by atoms with Crippen molar-refractivity contribution in [2.24, 2.45) is 0 Å². The zero-order valence-electron chi connectivity index (χ0n) is 19.3. The molecule has 0 radical (unpaired) electrons. The van der Waals surface area contributed by atoms with Crippen LogP contribution in [0.5, 0.6) is 0 Å². The lowest BCUT2D eigenvalue weighted by Gasteiger charge is -2.26. The number of nitrogens with zero attached hydrogens (tertiary/aromatic N) is 1. The van der Waals surface area contributed by atoms with Crippen LogP contribution in [0, 0.1) is 0 Å². The van der Waals surface area contributed by atoms with Gasteiger partial charge in [-0.25, -0.2) is 4.79 Å². The van der Waals surface area contributed by atoms with Gasteiger partial charge in [0.25, 0.3) is 0 Å². The molecule has 3 nitrogen and oxygen atoms in total. The number of esters is 1. The van der Waals surface area contributed by atoms with Crippen LogP contribution in [-0.2, 0) is 4.74 Å². The van der Waals surface area contributed by atoms with E-state index in [1.807, 2.05) is 18.2 Å². The molecule has 6 aromatic rings. The van der Waals surface area contributed by atoms with Gasteiger partial charge in [-0.1, -0.05) is 72.8 Å². The third-order valence-electron chi connectivity index (χ3n) is 6.49. The standard InChI is InChI=1S/C32H23NO2/c1-35-32(34)28-11-10-27-21-31(17-14-26(27)18-28)33(29-15-12-22-6-2-4-8-24(22)19-29)30-16-13-23-7-3-5-9-25(23)20-30/h2-21H,1H3. The van der Waals surface area contributed by atoms with Gasteiger partial charge in [0, 0.05) is 17.1 Å². The van der Waals surface area contributed by atoms with Gasteiger partial charge >= 0.3 is 5.97 Å². The SMILES string of the molecule is COC(=O)c1ccc2cc(N(c3ccc4ccccc4c3)c3ccc4ccccc4c3)ccc2c1. The predicted molar refractivity (Wildman–Crippen MR) is 145 cm³/mol. The van der Waals surface area contributed by atoms with E-state index in [9.17, 15) is 4.79 Å². The number of carbonyl (C=O) groups excluding carboxylic acids is 1. The Labute approximate surface area is 203 Å². The Kier molecular flexibility index (Phi) is 5.16. The molecule has 0 aromatic heterocycles. The van der Waals surface area contributed by atoms with Crippen molar-refractivity contribution in [1.82, 2.24) is 0 Å². The topological polar surface area (TPSA) is 29.5 Å². The first-order valence-corrected chi connectivity index (χ1v) is 11.6. The van der Waals surface area contributed by atoms with Gasteiger partial charge in [-0.3, -0.25) is 0 Å². The van der Waals surface area contributed by atoms with E-state index in [0.29, 0.717) is 5.56 Å². The minimum atomic E-state index is -0.329. The number of hydrogen-bond acceptors (Lipinski definition) is 3. The fraction of sp³-hybridized carbons (Fsp3) is 0.0312. The van der Waals surface area contributed by atoms with Crippen molar-refractivity contribution in [3.63, 3.8) is 0 Å². The van der Waals surface area contributed by atoms with Crippen molar-refractivity contribution >= 4 is 55.3 Å². The van der Waals surface area contributed by atoms with Gasteiger partial charge in [0.05, 0.1) is 12.7 Å². The lowest BCUT2D eigenvalue weighted by Crippen LogP contribution is -2.10. The number of fused-ring (bicyclic) bond motifs is 3. The molecule has 3 heteroatoms. The predicted octanol–water partition coefficient (Wildman–Crippen LogP) is 8.40. The Morgan fingerprint density at radius 3 is 1.43 bits per heavy atom. The number of ether oxygens (including phenoxy) is 1. The molecule has 6 rings (SSSR count). The van der Waals surface area contributed by atoms with Gasteiger partial charge in [0.15, 0.2) is 0 Å².